The standard InChI is InChI=1S/C17H25NO3/c1-21-13-15-7-3-2-6-14(15)12-18-11-5-4-8-16(18)9-10-17(19)20/h2-3,6-7,16H,4-5,8-13H2,1H3,(H,19,20). The number of benzene rings is 1. The molecule has 0 spiro atoms. The predicted molar refractivity (Wildman–Crippen MR) is 82.1 cm³/mol. The first-order valence-corrected chi connectivity index (χ1v) is 7.72. The Morgan fingerprint density at radius 1 is 1.33 bits per heavy atom. The van der Waals surface area contributed by atoms with Crippen LogP contribution in [0.1, 0.15) is 43.2 Å². The molecular weight excluding hydrogens is 266 g/mol. The molecule has 1 heterocycles. The molecule has 4 nitrogen and oxygen atoms in total. The first-order valence-electron chi connectivity index (χ1n) is 7.72. The Kier molecular flexibility index (Phi) is 6.21. The summed E-state index contributed by atoms with van der Waals surface area (Å²) in [6, 6.07) is 8.75. The van der Waals surface area contributed by atoms with Crippen molar-refractivity contribution in [3.63, 3.8) is 0 Å². The van der Waals surface area contributed by atoms with Gasteiger partial charge in [-0.05, 0) is 36.9 Å². The minimum atomic E-state index is -0.694. The fraction of sp³-hybridized carbons (Fsp3) is 0.588. The molecule has 2 rings (SSSR count). The van der Waals surface area contributed by atoms with E-state index in [2.05, 4.69) is 23.1 Å². The SMILES string of the molecule is COCc1ccccc1CN1CCCCC1CCC(=O)O. The first-order chi connectivity index (χ1) is 10.2. The summed E-state index contributed by atoms with van der Waals surface area (Å²) in [7, 11) is 1.72. The highest BCUT2D eigenvalue weighted by Gasteiger charge is 2.23. The lowest BCUT2D eigenvalue weighted by atomic mass is 9.96. The number of rotatable bonds is 7. The van der Waals surface area contributed by atoms with E-state index in [9.17, 15) is 4.79 Å². The van der Waals surface area contributed by atoms with Crippen LogP contribution >= 0.6 is 0 Å². The normalized spacial score (nSPS) is 19.6. The van der Waals surface area contributed by atoms with Crippen molar-refractivity contribution in [2.75, 3.05) is 13.7 Å². The van der Waals surface area contributed by atoms with E-state index in [0.29, 0.717) is 12.6 Å². The van der Waals surface area contributed by atoms with Gasteiger partial charge >= 0.3 is 5.97 Å². The molecule has 1 aromatic rings. The molecule has 1 fully saturated rings. The van der Waals surface area contributed by atoms with Gasteiger partial charge in [0.05, 0.1) is 6.61 Å². The molecule has 0 radical (unpaired) electrons. The van der Waals surface area contributed by atoms with E-state index in [1.165, 1.54) is 24.0 Å². The molecule has 1 aliphatic heterocycles. The monoisotopic (exact) mass is 291 g/mol. The molecule has 116 valence electrons. The molecule has 21 heavy (non-hydrogen) atoms. The Labute approximate surface area is 126 Å². The number of likely N-dealkylation sites (tertiary alicyclic amines) is 1. The fourth-order valence-corrected chi connectivity index (χ4v) is 3.11. The number of carbonyl (C=O) groups is 1. The Bertz CT molecular complexity index is 461. The fourth-order valence-electron chi connectivity index (χ4n) is 3.11. The van der Waals surface area contributed by atoms with Gasteiger partial charge in [-0.1, -0.05) is 30.7 Å². The van der Waals surface area contributed by atoms with Crippen LogP contribution in [-0.4, -0.2) is 35.7 Å². The number of nitrogens with zero attached hydrogens (tertiary/aromatic N) is 1. The lowest BCUT2D eigenvalue weighted by Crippen LogP contribution is -2.39. The minimum Gasteiger partial charge on any atom is -0.481 e. The second-order valence-corrected chi connectivity index (χ2v) is 5.75. The summed E-state index contributed by atoms with van der Waals surface area (Å²) < 4.78 is 5.27. The zero-order valence-electron chi connectivity index (χ0n) is 12.8. The topological polar surface area (TPSA) is 49.8 Å². The van der Waals surface area contributed by atoms with Gasteiger partial charge in [-0.3, -0.25) is 9.69 Å². The third-order valence-electron chi connectivity index (χ3n) is 4.23. The number of ether oxygens (including phenoxy) is 1. The zero-order chi connectivity index (χ0) is 15.1. The highest BCUT2D eigenvalue weighted by atomic mass is 16.5. The molecule has 0 amide bonds. The van der Waals surface area contributed by atoms with E-state index in [1.54, 1.807) is 7.11 Å². The van der Waals surface area contributed by atoms with Crippen LogP contribution in [-0.2, 0) is 22.7 Å². The molecule has 4 heteroatoms. The van der Waals surface area contributed by atoms with Crippen molar-refractivity contribution in [2.45, 2.75) is 51.3 Å². The van der Waals surface area contributed by atoms with E-state index in [4.69, 9.17) is 9.84 Å². The van der Waals surface area contributed by atoms with Crippen LogP contribution in [0.5, 0.6) is 0 Å². The molecule has 1 aromatic carbocycles. The highest BCUT2D eigenvalue weighted by Crippen LogP contribution is 2.24. The van der Waals surface area contributed by atoms with Crippen LogP contribution in [0.25, 0.3) is 0 Å². The zero-order valence-corrected chi connectivity index (χ0v) is 12.8. The van der Waals surface area contributed by atoms with E-state index in [1.807, 2.05) is 6.07 Å². The summed E-state index contributed by atoms with van der Waals surface area (Å²) >= 11 is 0. The number of aliphatic carboxylic acids is 1. The highest BCUT2D eigenvalue weighted by molar-refractivity contribution is 5.66. The van der Waals surface area contributed by atoms with Crippen molar-refractivity contribution in [1.29, 1.82) is 0 Å². The number of carboxylic acids is 1. The van der Waals surface area contributed by atoms with Crippen LogP contribution in [0.15, 0.2) is 24.3 Å². The first kappa shape index (κ1) is 16.0. The summed E-state index contributed by atoms with van der Waals surface area (Å²) in [5.41, 5.74) is 2.52. The number of hydrogen-bond donors (Lipinski definition) is 1. The molecule has 1 N–H and O–H groups in total. The third-order valence-corrected chi connectivity index (χ3v) is 4.23. The van der Waals surface area contributed by atoms with Crippen molar-refractivity contribution >= 4 is 5.97 Å². The molecule has 1 unspecified atom stereocenters. The van der Waals surface area contributed by atoms with Gasteiger partial charge in [-0.15, -0.1) is 0 Å². The van der Waals surface area contributed by atoms with Crippen LogP contribution < -0.4 is 0 Å². The van der Waals surface area contributed by atoms with Gasteiger partial charge in [0.1, 0.15) is 0 Å². The molecule has 1 saturated heterocycles. The van der Waals surface area contributed by atoms with Gasteiger partial charge in [0, 0.05) is 26.1 Å². The maximum atomic E-state index is 10.8. The lowest BCUT2D eigenvalue weighted by molar-refractivity contribution is -0.137. The van der Waals surface area contributed by atoms with Crippen molar-refractivity contribution in [3.05, 3.63) is 35.4 Å². The van der Waals surface area contributed by atoms with Gasteiger partial charge in [0.15, 0.2) is 0 Å². The summed E-state index contributed by atoms with van der Waals surface area (Å²) in [5.74, 6) is -0.694. The van der Waals surface area contributed by atoms with Crippen LogP contribution in [0.3, 0.4) is 0 Å². The van der Waals surface area contributed by atoms with E-state index in [0.717, 1.165) is 25.9 Å². The molecular formula is C17H25NO3. The summed E-state index contributed by atoms with van der Waals surface area (Å²) in [6.07, 6.45) is 4.54. The lowest BCUT2D eigenvalue weighted by Gasteiger charge is -2.36. The number of methoxy groups -OCH3 is 1. The van der Waals surface area contributed by atoms with Gasteiger partial charge in [-0.25, -0.2) is 0 Å². The maximum Gasteiger partial charge on any atom is 0.303 e. The summed E-state index contributed by atoms with van der Waals surface area (Å²) in [6.45, 7) is 2.58. The second-order valence-electron chi connectivity index (χ2n) is 5.75. The number of piperidine rings is 1. The van der Waals surface area contributed by atoms with Gasteiger partial charge in [-0.2, -0.15) is 0 Å². The van der Waals surface area contributed by atoms with Gasteiger partial charge in [0.25, 0.3) is 0 Å². The second kappa shape index (κ2) is 8.15. The van der Waals surface area contributed by atoms with Crippen LogP contribution in [0, 0.1) is 0 Å². The number of hydrogen-bond acceptors (Lipinski definition) is 3. The summed E-state index contributed by atoms with van der Waals surface area (Å²) in [4.78, 5) is 13.3. The van der Waals surface area contributed by atoms with Gasteiger partial charge < -0.3 is 9.84 Å². The van der Waals surface area contributed by atoms with Crippen molar-refractivity contribution < 1.29 is 14.6 Å². The van der Waals surface area contributed by atoms with Crippen LogP contribution in [0.2, 0.25) is 0 Å². The minimum absolute atomic E-state index is 0.265. The Morgan fingerprint density at radius 3 is 2.81 bits per heavy atom. The Morgan fingerprint density at radius 2 is 2.10 bits per heavy atom. The third kappa shape index (κ3) is 4.83. The Hall–Kier alpha value is -1.39. The molecule has 1 aliphatic rings. The van der Waals surface area contributed by atoms with E-state index in [-0.39, 0.29) is 6.42 Å². The van der Waals surface area contributed by atoms with Gasteiger partial charge in [0.2, 0.25) is 0 Å². The average Bonchev–Trinajstić information content (AvgIpc) is 2.48. The quantitative estimate of drug-likeness (QED) is 0.839. The average molecular weight is 291 g/mol. The molecule has 0 saturated carbocycles. The van der Waals surface area contributed by atoms with Crippen molar-refractivity contribution in [2.24, 2.45) is 0 Å². The Balaban J connectivity index is 2.03. The predicted octanol–water partition coefficient (Wildman–Crippen LogP) is 3.05. The van der Waals surface area contributed by atoms with Crippen molar-refractivity contribution in [1.82, 2.24) is 4.90 Å². The molecule has 0 aromatic heterocycles. The largest absolute Gasteiger partial charge is 0.481 e. The maximum absolute atomic E-state index is 10.8. The van der Waals surface area contributed by atoms with Crippen molar-refractivity contribution in [3.8, 4) is 0 Å². The van der Waals surface area contributed by atoms with Crippen LogP contribution in [0.4, 0.5) is 0 Å². The molecule has 0 aliphatic carbocycles. The summed E-state index contributed by atoms with van der Waals surface area (Å²) in [5, 5.41) is 8.90. The van der Waals surface area contributed by atoms with E-state index >= 15 is 0 Å². The smallest absolute Gasteiger partial charge is 0.303 e. The molecule has 1 atom stereocenters. The molecule has 0 bridgehead atoms. The number of carboxylic acid groups (broad SMARTS) is 1. The van der Waals surface area contributed by atoms with E-state index < -0.39 is 5.97 Å².